The molecule has 0 unspecified atom stereocenters. The van der Waals surface area contributed by atoms with Crippen molar-refractivity contribution in [3.63, 3.8) is 0 Å². The summed E-state index contributed by atoms with van der Waals surface area (Å²) in [5.41, 5.74) is 12.7. The minimum atomic E-state index is -0.553. The van der Waals surface area contributed by atoms with Gasteiger partial charge in [-0.25, -0.2) is 4.98 Å². The Morgan fingerprint density at radius 3 is 2.76 bits per heavy atom. The van der Waals surface area contributed by atoms with E-state index in [0.717, 1.165) is 6.54 Å². The van der Waals surface area contributed by atoms with Crippen LogP contribution in [0.2, 0.25) is 0 Å². The Hall–Kier alpha value is -2.11. The van der Waals surface area contributed by atoms with Crippen LogP contribution < -0.4 is 11.5 Å². The van der Waals surface area contributed by atoms with E-state index < -0.39 is 5.91 Å². The van der Waals surface area contributed by atoms with Gasteiger partial charge in [0.2, 0.25) is 0 Å². The molecule has 3 rings (SSSR count). The average Bonchev–Trinajstić information content (AvgIpc) is 3.05. The molecule has 1 aliphatic rings. The first-order chi connectivity index (χ1) is 8.18. The van der Waals surface area contributed by atoms with Crippen LogP contribution in [0.4, 0.5) is 5.82 Å². The lowest BCUT2D eigenvalue weighted by molar-refractivity contribution is 0.100. The van der Waals surface area contributed by atoms with Crippen LogP contribution >= 0.6 is 0 Å². The number of fused-ring (bicyclic) bond motifs is 1. The number of nitrogens with two attached hydrogens (primary N) is 2. The Kier molecular flexibility index (Phi) is 2.04. The van der Waals surface area contributed by atoms with Crippen molar-refractivity contribution in [3.8, 4) is 0 Å². The molecule has 6 heteroatoms. The van der Waals surface area contributed by atoms with Crippen molar-refractivity contribution in [2.45, 2.75) is 19.4 Å². The Labute approximate surface area is 97.6 Å². The smallest absolute Gasteiger partial charge is 0.254 e. The van der Waals surface area contributed by atoms with Gasteiger partial charge in [-0.3, -0.25) is 9.78 Å². The van der Waals surface area contributed by atoms with Crippen LogP contribution in [0.25, 0.3) is 11.2 Å². The number of rotatable bonds is 3. The van der Waals surface area contributed by atoms with Gasteiger partial charge in [0, 0.05) is 18.9 Å². The third kappa shape index (κ3) is 1.52. The predicted molar refractivity (Wildman–Crippen MR) is 63.2 cm³/mol. The number of primary amides is 1. The standard InChI is InChI=1S/C11H13N5O/c12-9-7(10(13)17)8-11(15-4-3-14-8)16(9)5-6-1-2-6/h3-4,6H,1-2,5,12H2,(H2,13,17). The van der Waals surface area contributed by atoms with Gasteiger partial charge in [0.1, 0.15) is 16.9 Å². The lowest BCUT2D eigenvalue weighted by Crippen LogP contribution is -2.14. The third-order valence-corrected chi connectivity index (χ3v) is 3.10. The topological polar surface area (TPSA) is 99.8 Å². The molecule has 0 spiro atoms. The maximum Gasteiger partial charge on any atom is 0.254 e. The lowest BCUT2D eigenvalue weighted by atomic mass is 10.2. The van der Waals surface area contributed by atoms with E-state index in [9.17, 15) is 4.79 Å². The van der Waals surface area contributed by atoms with E-state index in [1.807, 2.05) is 4.57 Å². The summed E-state index contributed by atoms with van der Waals surface area (Å²) >= 11 is 0. The molecule has 1 fully saturated rings. The van der Waals surface area contributed by atoms with Gasteiger partial charge in [-0.1, -0.05) is 0 Å². The zero-order valence-corrected chi connectivity index (χ0v) is 9.26. The summed E-state index contributed by atoms with van der Waals surface area (Å²) in [4.78, 5) is 19.8. The van der Waals surface area contributed by atoms with Crippen LogP contribution in [-0.4, -0.2) is 20.4 Å². The fourth-order valence-electron chi connectivity index (χ4n) is 2.06. The van der Waals surface area contributed by atoms with Crippen molar-refractivity contribution >= 4 is 22.9 Å². The van der Waals surface area contributed by atoms with Gasteiger partial charge in [-0.15, -0.1) is 0 Å². The highest BCUT2D eigenvalue weighted by molar-refractivity contribution is 6.08. The fraction of sp³-hybridized carbons (Fsp3) is 0.364. The van der Waals surface area contributed by atoms with Crippen LogP contribution in [0, 0.1) is 5.92 Å². The van der Waals surface area contributed by atoms with Gasteiger partial charge in [0.25, 0.3) is 5.91 Å². The van der Waals surface area contributed by atoms with E-state index in [0.29, 0.717) is 22.9 Å². The number of hydrogen-bond acceptors (Lipinski definition) is 4. The molecule has 4 N–H and O–H groups in total. The SMILES string of the molecule is NC(=O)c1c(N)n(CC2CC2)c2nccnc12. The van der Waals surface area contributed by atoms with Crippen LogP contribution in [0.1, 0.15) is 23.2 Å². The minimum absolute atomic E-state index is 0.286. The van der Waals surface area contributed by atoms with E-state index in [2.05, 4.69) is 9.97 Å². The molecule has 1 aliphatic carbocycles. The lowest BCUT2D eigenvalue weighted by Gasteiger charge is -2.05. The molecule has 1 saturated carbocycles. The van der Waals surface area contributed by atoms with Crippen molar-refractivity contribution in [1.29, 1.82) is 0 Å². The average molecular weight is 231 g/mol. The predicted octanol–water partition coefficient (Wildman–Crippen LogP) is 0.522. The second-order valence-corrected chi connectivity index (χ2v) is 4.41. The zero-order chi connectivity index (χ0) is 12.0. The number of nitrogen functional groups attached to an aromatic ring is 1. The second-order valence-electron chi connectivity index (χ2n) is 4.41. The van der Waals surface area contributed by atoms with Gasteiger partial charge in [0.05, 0.1) is 0 Å². The quantitative estimate of drug-likeness (QED) is 0.804. The van der Waals surface area contributed by atoms with Gasteiger partial charge in [-0.05, 0) is 18.8 Å². The van der Waals surface area contributed by atoms with Crippen molar-refractivity contribution in [2.24, 2.45) is 11.7 Å². The van der Waals surface area contributed by atoms with Crippen molar-refractivity contribution in [3.05, 3.63) is 18.0 Å². The first kappa shape index (κ1) is 10.1. The van der Waals surface area contributed by atoms with Crippen LogP contribution in [0.15, 0.2) is 12.4 Å². The van der Waals surface area contributed by atoms with Crippen molar-refractivity contribution < 1.29 is 4.79 Å². The highest BCUT2D eigenvalue weighted by atomic mass is 16.1. The largest absolute Gasteiger partial charge is 0.384 e. The van der Waals surface area contributed by atoms with Gasteiger partial charge >= 0.3 is 0 Å². The van der Waals surface area contributed by atoms with E-state index in [1.165, 1.54) is 19.0 Å². The van der Waals surface area contributed by atoms with Gasteiger partial charge < -0.3 is 16.0 Å². The normalized spacial score (nSPS) is 15.3. The molecule has 2 aromatic heterocycles. The maximum atomic E-state index is 11.4. The van der Waals surface area contributed by atoms with Crippen molar-refractivity contribution in [2.75, 3.05) is 5.73 Å². The van der Waals surface area contributed by atoms with Crippen LogP contribution in [-0.2, 0) is 6.54 Å². The number of anilines is 1. The van der Waals surface area contributed by atoms with Crippen LogP contribution in [0.3, 0.4) is 0 Å². The first-order valence-corrected chi connectivity index (χ1v) is 5.57. The van der Waals surface area contributed by atoms with Crippen LogP contribution in [0.5, 0.6) is 0 Å². The second kappa shape index (κ2) is 3.44. The number of aromatic nitrogens is 3. The summed E-state index contributed by atoms with van der Waals surface area (Å²) in [5, 5.41) is 0. The Morgan fingerprint density at radius 2 is 2.12 bits per heavy atom. The highest BCUT2D eigenvalue weighted by Gasteiger charge is 2.27. The summed E-state index contributed by atoms with van der Waals surface area (Å²) in [5.74, 6) is 0.462. The molecular weight excluding hydrogens is 218 g/mol. The number of carbonyl (C=O) groups excluding carboxylic acids is 1. The molecule has 0 aromatic carbocycles. The molecule has 0 bridgehead atoms. The molecule has 0 radical (unpaired) electrons. The highest BCUT2D eigenvalue weighted by Crippen LogP contribution is 2.34. The van der Waals surface area contributed by atoms with E-state index in [-0.39, 0.29) is 5.56 Å². The maximum absolute atomic E-state index is 11.4. The Balaban J connectivity index is 2.25. The van der Waals surface area contributed by atoms with Gasteiger partial charge in [-0.2, -0.15) is 0 Å². The molecule has 17 heavy (non-hydrogen) atoms. The molecule has 88 valence electrons. The number of carbonyl (C=O) groups is 1. The van der Waals surface area contributed by atoms with Crippen molar-refractivity contribution in [1.82, 2.24) is 14.5 Å². The Morgan fingerprint density at radius 1 is 1.41 bits per heavy atom. The molecule has 0 aliphatic heterocycles. The molecule has 0 saturated heterocycles. The van der Waals surface area contributed by atoms with Gasteiger partial charge in [0.15, 0.2) is 5.65 Å². The molecular formula is C11H13N5O. The summed E-state index contributed by atoms with van der Waals surface area (Å²) in [7, 11) is 0. The van der Waals surface area contributed by atoms with E-state index >= 15 is 0 Å². The number of amides is 1. The zero-order valence-electron chi connectivity index (χ0n) is 9.26. The summed E-state index contributed by atoms with van der Waals surface area (Å²) < 4.78 is 1.85. The minimum Gasteiger partial charge on any atom is -0.384 e. The number of hydrogen-bond donors (Lipinski definition) is 2. The fourth-order valence-corrected chi connectivity index (χ4v) is 2.06. The molecule has 2 heterocycles. The summed E-state index contributed by atoms with van der Waals surface area (Å²) in [6.45, 7) is 0.786. The first-order valence-electron chi connectivity index (χ1n) is 5.57. The molecule has 0 atom stereocenters. The molecule has 2 aromatic rings. The van der Waals surface area contributed by atoms with E-state index in [4.69, 9.17) is 11.5 Å². The summed E-state index contributed by atoms with van der Waals surface area (Å²) in [6.07, 6.45) is 5.53. The molecule has 6 nitrogen and oxygen atoms in total. The molecule has 1 amide bonds. The Bertz CT molecular complexity index is 599. The van der Waals surface area contributed by atoms with E-state index in [1.54, 1.807) is 6.20 Å². The monoisotopic (exact) mass is 231 g/mol. The summed E-state index contributed by atoms with van der Waals surface area (Å²) in [6, 6.07) is 0. The number of nitrogens with zero attached hydrogens (tertiary/aromatic N) is 3. The third-order valence-electron chi connectivity index (χ3n) is 3.10.